The van der Waals surface area contributed by atoms with Crippen molar-refractivity contribution in [2.45, 2.75) is 32.7 Å². The average molecular weight is 257 g/mol. The smallest absolute Gasteiger partial charge is 0.0669 e. The first-order valence-corrected chi connectivity index (χ1v) is 7.04. The zero-order chi connectivity index (χ0) is 13.7. The van der Waals surface area contributed by atoms with Crippen molar-refractivity contribution in [1.29, 1.82) is 0 Å². The Morgan fingerprint density at radius 2 is 1.95 bits per heavy atom. The Morgan fingerprint density at radius 3 is 2.58 bits per heavy atom. The van der Waals surface area contributed by atoms with E-state index in [1.807, 2.05) is 11.7 Å². The maximum absolute atomic E-state index is 4.55. The van der Waals surface area contributed by atoms with Crippen molar-refractivity contribution in [3.05, 3.63) is 53.3 Å². The molecule has 0 saturated heterocycles. The number of benzene rings is 1. The van der Waals surface area contributed by atoms with Crippen molar-refractivity contribution in [1.82, 2.24) is 15.1 Å². The van der Waals surface area contributed by atoms with E-state index in [9.17, 15) is 0 Å². The third-order valence-electron chi connectivity index (χ3n) is 3.38. The van der Waals surface area contributed by atoms with Gasteiger partial charge in [-0.1, -0.05) is 44.2 Å². The van der Waals surface area contributed by atoms with Gasteiger partial charge in [0, 0.05) is 24.8 Å². The van der Waals surface area contributed by atoms with Crippen LogP contribution in [0.2, 0.25) is 0 Å². The monoisotopic (exact) mass is 257 g/mol. The van der Waals surface area contributed by atoms with Crippen molar-refractivity contribution in [2.24, 2.45) is 7.05 Å². The number of hydrogen-bond acceptors (Lipinski definition) is 2. The van der Waals surface area contributed by atoms with Gasteiger partial charge in [0.1, 0.15) is 0 Å². The van der Waals surface area contributed by atoms with Crippen LogP contribution in [0.1, 0.15) is 36.7 Å². The molecule has 0 aliphatic carbocycles. The van der Waals surface area contributed by atoms with Crippen molar-refractivity contribution in [2.75, 3.05) is 6.54 Å². The molecule has 102 valence electrons. The topological polar surface area (TPSA) is 29.9 Å². The van der Waals surface area contributed by atoms with E-state index >= 15 is 0 Å². The van der Waals surface area contributed by atoms with Crippen LogP contribution < -0.4 is 5.32 Å². The Labute approximate surface area is 115 Å². The van der Waals surface area contributed by atoms with Crippen LogP contribution in [0, 0.1) is 0 Å². The largest absolute Gasteiger partial charge is 0.310 e. The van der Waals surface area contributed by atoms with Crippen molar-refractivity contribution < 1.29 is 0 Å². The normalized spacial score (nSPS) is 12.6. The molecule has 0 aliphatic rings. The van der Waals surface area contributed by atoms with Gasteiger partial charge in [-0.05, 0) is 24.9 Å². The quantitative estimate of drug-likeness (QED) is 0.862. The molecule has 0 saturated carbocycles. The highest BCUT2D eigenvalue weighted by molar-refractivity contribution is 5.25. The van der Waals surface area contributed by atoms with Gasteiger partial charge < -0.3 is 5.32 Å². The SMILES string of the molecule is CCNC(Cc1ccccc1)c1cn(C)nc1CC. The molecule has 0 amide bonds. The minimum absolute atomic E-state index is 0.344. The van der Waals surface area contributed by atoms with Gasteiger partial charge in [-0.25, -0.2) is 0 Å². The lowest BCUT2D eigenvalue weighted by molar-refractivity contribution is 0.545. The van der Waals surface area contributed by atoms with Crippen LogP contribution >= 0.6 is 0 Å². The third kappa shape index (κ3) is 3.44. The molecule has 0 fully saturated rings. The Hall–Kier alpha value is -1.61. The number of nitrogens with one attached hydrogen (secondary N) is 1. The molecule has 1 aromatic carbocycles. The fourth-order valence-electron chi connectivity index (χ4n) is 2.51. The van der Waals surface area contributed by atoms with Gasteiger partial charge in [0.15, 0.2) is 0 Å². The zero-order valence-electron chi connectivity index (χ0n) is 12.1. The summed E-state index contributed by atoms with van der Waals surface area (Å²) < 4.78 is 1.92. The molecule has 1 unspecified atom stereocenters. The maximum atomic E-state index is 4.55. The van der Waals surface area contributed by atoms with Gasteiger partial charge in [0.05, 0.1) is 5.69 Å². The minimum atomic E-state index is 0.344. The Morgan fingerprint density at radius 1 is 1.21 bits per heavy atom. The van der Waals surface area contributed by atoms with E-state index in [0.29, 0.717) is 6.04 Å². The molecule has 0 spiro atoms. The van der Waals surface area contributed by atoms with Crippen molar-refractivity contribution in [3.63, 3.8) is 0 Å². The van der Waals surface area contributed by atoms with Crippen LogP contribution in [-0.4, -0.2) is 16.3 Å². The highest BCUT2D eigenvalue weighted by atomic mass is 15.3. The molecule has 1 N–H and O–H groups in total. The van der Waals surface area contributed by atoms with E-state index in [1.54, 1.807) is 0 Å². The molecule has 1 heterocycles. The van der Waals surface area contributed by atoms with Crippen LogP contribution in [0.25, 0.3) is 0 Å². The van der Waals surface area contributed by atoms with E-state index in [0.717, 1.165) is 19.4 Å². The summed E-state index contributed by atoms with van der Waals surface area (Å²) >= 11 is 0. The molecule has 0 bridgehead atoms. The summed E-state index contributed by atoms with van der Waals surface area (Å²) in [6, 6.07) is 11.0. The lowest BCUT2D eigenvalue weighted by atomic mass is 9.98. The molecule has 3 nitrogen and oxygen atoms in total. The minimum Gasteiger partial charge on any atom is -0.310 e. The lowest BCUT2D eigenvalue weighted by Crippen LogP contribution is -2.23. The molecule has 3 heteroatoms. The van der Waals surface area contributed by atoms with Gasteiger partial charge >= 0.3 is 0 Å². The summed E-state index contributed by atoms with van der Waals surface area (Å²) in [5.74, 6) is 0. The lowest BCUT2D eigenvalue weighted by Gasteiger charge is -2.18. The van der Waals surface area contributed by atoms with E-state index in [4.69, 9.17) is 0 Å². The molecular weight excluding hydrogens is 234 g/mol. The highest BCUT2D eigenvalue weighted by Gasteiger charge is 2.17. The first-order valence-electron chi connectivity index (χ1n) is 7.04. The number of nitrogens with zero attached hydrogens (tertiary/aromatic N) is 2. The molecule has 0 radical (unpaired) electrons. The predicted octanol–water partition coefficient (Wildman–Crippen LogP) is 2.88. The van der Waals surface area contributed by atoms with Crippen LogP contribution in [0.5, 0.6) is 0 Å². The summed E-state index contributed by atoms with van der Waals surface area (Å²) in [6.45, 7) is 5.28. The van der Waals surface area contributed by atoms with Gasteiger partial charge in [0.25, 0.3) is 0 Å². The first-order chi connectivity index (χ1) is 9.24. The van der Waals surface area contributed by atoms with Crippen molar-refractivity contribution >= 4 is 0 Å². The number of aromatic nitrogens is 2. The summed E-state index contributed by atoms with van der Waals surface area (Å²) in [7, 11) is 1.99. The van der Waals surface area contributed by atoms with Crippen LogP contribution in [0.4, 0.5) is 0 Å². The molecule has 1 aromatic heterocycles. The zero-order valence-corrected chi connectivity index (χ0v) is 12.1. The number of aryl methyl sites for hydroxylation is 2. The standard InChI is InChI=1S/C16H23N3/c1-4-15-14(12-19(3)18-15)16(17-5-2)11-13-9-7-6-8-10-13/h6-10,12,16-17H,4-5,11H2,1-3H3. The number of likely N-dealkylation sites (N-methyl/N-ethyl adjacent to an activating group) is 1. The van der Waals surface area contributed by atoms with Crippen LogP contribution in [0.15, 0.2) is 36.5 Å². The Bertz CT molecular complexity index is 502. The third-order valence-corrected chi connectivity index (χ3v) is 3.38. The second kappa shape index (κ2) is 6.53. The van der Waals surface area contributed by atoms with Crippen molar-refractivity contribution in [3.8, 4) is 0 Å². The highest BCUT2D eigenvalue weighted by Crippen LogP contribution is 2.21. The van der Waals surface area contributed by atoms with E-state index < -0.39 is 0 Å². The summed E-state index contributed by atoms with van der Waals surface area (Å²) in [5, 5.41) is 8.13. The van der Waals surface area contributed by atoms with E-state index in [-0.39, 0.29) is 0 Å². The summed E-state index contributed by atoms with van der Waals surface area (Å²) in [4.78, 5) is 0. The van der Waals surface area contributed by atoms with Gasteiger partial charge in [-0.2, -0.15) is 5.10 Å². The molecular formula is C16H23N3. The molecule has 1 atom stereocenters. The Balaban J connectivity index is 2.24. The molecule has 0 aliphatic heterocycles. The number of rotatable bonds is 6. The maximum Gasteiger partial charge on any atom is 0.0669 e. The second-order valence-corrected chi connectivity index (χ2v) is 4.86. The van der Waals surface area contributed by atoms with E-state index in [2.05, 4.69) is 60.8 Å². The van der Waals surface area contributed by atoms with Gasteiger partial charge in [0.2, 0.25) is 0 Å². The summed E-state index contributed by atoms with van der Waals surface area (Å²) in [6.07, 6.45) is 4.13. The van der Waals surface area contributed by atoms with E-state index in [1.165, 1.54) is 16.8 Å². The van der Waals surface area contributed by atoms with Crippen LogP contribution in [-0.2, 0) is 19.9 Å². The predicted molar refractivity (Wildman–Crippen MR) is 79.1 cm³/mol. The molecule has 2 aromatic rings. The van der Waals surface area contributed by atoms with Gasteiger partial charge in [-0.15, -0.1) is 0 Å². The average Bonchev–Trinajstić information content (AvgIpc) is 2.80. The molecule has 19 heavy (non-hydrogen) atoms. The Kier molecular flexibility index (Phi) is 4.74. The number of hydrogen-bond donors (Lipinski definition) is 1. The fraction of sp³-hybridized carbons (Fsp3) is 0.438. The molecule has 2 rings (SSSR count). The van der Waals surface area contributed by atoms with Gasteiger partial charge in [-0.3, -0.25) is 4.68 Å². The fourth-order valence-corrected chi connectivity index (χ4v) is 2.51. The second-order valence-electron chi connectivity index (χ2n) is 4.86. The first kappa shape index (κ1) is 13.8. The van der Waals surface area contributed by atoms with Crippen LogP contribution in [0.3, 0.4) is 0 Å². The summed E-state index contributed by atoms with van der Waals surface area (Å²) in [5.41, 5.74) is 3.89.